The molecule has 0 aliphatic carbocycles. The molecule has 0 spiro atoms. The van der Waals surface area contributed by atoms with E-state index in [1.807, 2.05) is 37.8 Å². The molecule has 0 saturated carbocycles. The van der Waals surface area contributed by atoms with Gasteiger partial charge in [-0.25, -0.2) is 19.7 Å². The monoisotopic (exact) mass is 576 g/mol. The van der Waals surface area contributed by atoms with Gasteiger partial charge in [-0.1, -0.05) is 11.8 Å². The molecular formula is C24H29BrN6O4S. The van der Waals surface area contributed by atoms with Crippen LogP contribution in [0.2, 0.25) is 0 Å². The fraction of sp³-hybridized carbons (Fsp3) is 0.500. The van der Waals surface area contributed by atoms with Gasteiger partial charge in [-0.2, -0.15) is 0 Å². The van der Waals surface area contributed by atoms with Crippen LogP contribution in [0.1, 0.15) is 40.0 Å². The largest absolute Gasteiger partial charge is 0.454 e. The van der Waals surface area contributed by atoms with Crippen LogP contribution in [0.5, 0.6) is 11.5 Å². The average molecular weight is 578 g/mol. The zero-order chi connectivity index (χ0) is 25.4. The van der Waals surface area contributed by atoms with Crippen molar-refractivity contribution in [3.05, 3.63) is 22.9 Å². The number of piperidine rings is 1. The lowest BCUT2D eigenvalue weighted by Gasteiger charge is -2.34. The van der Waals surface area contributed by atoms with Gasteiger partial charge in [-0.3, -0.25) is 0 Å². The van der Waals surface area contributed by atoms with Crippen LogP contribution in [0, 0.1) is 5.92 Å². The molecule has 2 aliphatic heterocycles. The van der Waals surface area contributed by atoms with E-state index in [0.717, 1.165) is 40.3 Å². The molecule has 2 aromatic heterocycles. The van der Waals surface area contributed by atoms with Crippen molar-refractivity contribution in [1.29, 1.82) is 0 Å². The molecule has 4 heterocycles. The number of anilines is 1. The SMILES string of the molecule is CC(C)(C)OC(=O)N1CCCC(CCn2c(Sc3cc4c(cc3Br)OCO4)nc3c(N)ncnc32)C1. The Kier molecular flexibility index (Phi) is 6.90. The van der Waals surface area contributed by atoms with Gasteiger partial charge in [0.15, 0.2) is 33.6 Å². The van der Waals surface area contributed by atoms with Crippen LogP contribution < -0.4 is 15.2 Å². The molecule has 0 radical (unpaired) electrons. The molecular weight excluding hydrogens is 548 g/mol. The number of nitrogen functional groups attached to an aromatic ring is 1. The number of hydrogen-bond donors (Lipinski definition) is 1. The number of benzene rings is 1. The Hall–Kier alpha value is -2.73. The van der Waals surface area contributed by atoms with Crippen molar-refractivity contribution >= 4 is 50.8 Å². The smallest absolute Gasteiger partial charge is 0.410 e. The van der Waals surface area contributed by atoms with E-state index in [-0.39, 0.29) is 12.9 Å². The molecule has 2 N–H and O–H groups in total. The van der Waals surface area contributed by atoms with Crippen molar-refractivity contribution in [3.63, 3.8) is 0 Å². The van der Waals surface area contributed by atoms with Crippen LogP contribution in [-0.2, 0) is 11.3 Å². The summed E-state index contributed by atoms with van der Waals surface area (Å²) < 4.78 is 19.6. The topological polar surface area (TPSA) is 118 Å². The van der Waals surface area contributed by atoms with E-state index in [0.29, 0.717) is 47.5 Å². The molecule has 1 amide bonds. The van der Waals surface area contributed by atoms with Crippen molar-refractivity contribution in [2.75, 3.05) is 25.6 Å². The Morgan fingerprint density at radius 1 is 1.28 bits per heavy atom. The second-order valence-electron chi connectivity index (χ2n) is 9.94. The summed E-state index contributed by atoms with van der Waals surface area (Å²) in [6.07, 6.45) is 4.09. The van der Waals surface area contributed by atoms with Crippen molar-refractivity contribution in [3.8, 4) is 11.5 Å². The summed E-state index contributed by atoms with van der Waals surface area (Å²) in [5.41, 5.74) is 6.91. The van der Waals surface area contributed by atoms with E-state index in [9.17, 15) is 4.79 Å². The highest BCUT2D eigenvalue weighted by molar-refractivity contribution is 9.10. The normalized spacial score (nSPS) is 17.6. The number of rotatable bonds is 5. The number of imidazole rings is 1. The van der Waals surface area contributed by atoms with Crippen LogP contribution in [0.4, 0.5) is 10.6 Å². The van der Waals surface area contributed by atoms with Gasteiger partial charge in [0.2, 0.25) is 6.79 Å². The summed E-state index contributed by atoms with van der Waals surface area (Å²) >= 11 is 5.14. The predicted octanol–water partition coefficient (Wildman–Crippen LogP) is 5.09. The first kappa shape index (κ1) is 24.9. The van der Waals surface area contributed by atoms with Crippen LogP contribution in [0.3, 0.4) is 0 Å². The Labute approximate surface area is 222 Å². The molecule has 1 aromatic carbocycles. The molecule has 5 rings (SSSR count). The number of nitrogens with zero attached hydrogens (tertiary/aromatic N) is 5. The summed E-state index contributed by atoms with van der Waals surface area (Å²) in [5.74, 6) is 2.10. The van der Waals surface area contributed by atoms with Gasteiger partial charge in [-0.15, -0.1) is 0 Å². The van der Waals surface area contributed by atoms with Gasteiger partial charge in [0, 0.05) is 29.0 Å². The molecule has 1 unspecified atom stereocenters. The molecule has 192 valence electrons. The summed E-state index contributed by atoms with van der Waals surface area (Å²) in [7, 11) is 0. The molecule has 36 heavy (non-hydrogen) atoms. The van der Waals surface area contributed by atoms with E-state index >= 15 is 0 Å². The first-order valence-electron chi connectivity index (χ1n) is 11.9. The lowest BCUT2D eigenvalue weighted by molar-refractivity contribution is 0.0159. The number of nitrogens with two attached hydrogens (primary N) is 1. The minimum absolute atomic E-state index is 0.211. The minimum Gasteiger partial charge on any atom is -0.454 e. The minimum atomic E-state index is -0.505. The number of halogens is 1. The highest BCUT2D eigenvalue weighted by Gasteiger charge is 2.28. The first-order chi connectivity index (χ1) is 17.2. The van der Waals surface area contributed by atoms with Gasteiger partial charge in [0.25, 0.3) is 0 Å². The number of aromatic nitrogens is 4. The number of carbonyl (C=O) groups excluding carboxylic acids is 1. The molecule has 0 bridgehead atoms. The summed E-state index contributed by atoms with van der Waals surface area (Å²) in [4.78, 5) is 28.8. The number of aryl methyl sites for hydroxylation is 1. The predicted molar refractivity (Wildman–Crippen MR) is 139 cm³/mol. The number of carbonyl (C=O) groups is 1. The quantitative estimate of drug-likeness (QED) is 0.443. The summed E-state index contributed by atoms with van der Waals surface area (Å²) in [6, 6.07) is 3.84. The average Bonchev–Trinajstić information content (AvgIpc) is 3.41. The fourth-order valence-corrected chi connectivity index (χ4v) is 5.90. The Morgan fingerprint density at radius 3 is 2.83 bits per heavy atom. The molecule has 1 atom stereocenters. The van der Waals surface area contributed by atoms with Crippen LogP contribution in [0.15, 0.2) is 33.0 Å². The fourth-order valence-electron chi connectivity index (χ4n) is 4.39. The molecule has 12 heteroatoms. The zero-order valence-electron chi connectivity index (χ0n) is 20.5. The lowest BCUT2D eigenvalue weighted by atomic mass is 9.95. The van der Waals surface area contributed by atoms with E-state index in [2.05, 4.69) is 30.5 Å². The third-order valence-electron chi connectivity index (χ3n) is 6.09. The van der Waals surface area contributed by atoms with E-state index in [4.69, 9.17) is 24.9 Å². The van der Waals surface area contributed by atoms with E-state index < -0.39 is 5.60 Å². The first-order valence-corrected chi connectivity index (χ1v) is 13.5. The molecule has 3 aromatic rings. The third-order valence-corrected chi connectivity index (χ3v) is 8.06. The maximum absolute atomic E-state index is 12.6. The van der Waals surface area contributed by atoms with Gasteiger partial charge >= 0.3 is 6.09 Å². The van der Waals surface area contributed by atoms with Crippen LogP contribution in [0.25, 0.3) is 11.2 Å². The second kappa shape index (κ2) is 9.97. The van der Waals surface area contributed by atoms with Gasteiger partial charge in [0.05, 0.1) is 0 Å². The molecule has 1 saturated heterocycles. The molecule has 1 fully saturated rings. The maximum Gasteiger partial charge on any atom is 0.410 e. The Balaban J connectivity index is 1.36. The summed E-state index contributed by atoms with van der Waals surface area (Å²) in [5, 5.41) is 0.761. The van der Waals surface area contributed by atoms with Gasteiger partial charge in [0.1, 0.15) is 11.9 Å². The molecule has 10 nitrogen and oxygen atoms in total. The van der Waals surface area contributed by atoms with Gasteiger partial charge < -0.3 is 29.4 Å². The number of ether oxygens (including phenoxy) is 3. The Morgan fingerprint density at radius 2 is 2.06 bits per heavy atom. The second-order valence-corrected chi connectivity index (χ2v) is 11.8. The standard InChI is InChI=1S/C24H29BrN6O4S/c1-24(2,3)35-23(32)30-7-4-5-14(11-30)6-8-31-21-19(20(26)27-12-28-21)29-22(31)36-18-10-17-16(9-15(18)25)33-13-34-17/h9-10,12,14H,4-8,11,13H2,1-3H3,(H2,26,27,28). The number of likely N-dealkylation sites (tertiary alicyclic amines) is 1. The van der Waals surface area contributed by atoms with Crippen LogP contribution in [-0.4, -0.2) is 56.0 Å². The summed E-state index contributed by atoms with van der Waals surface area (Å²) in [6.45, 7) is 7.97. The highest BCUT2D eigenvalue weighted by atomic mass is 79.9. The van der Waals surface area contributed by atoms with E-state index in [1.165, 1.54) is 18.1 Å². The number of hydrogen-bond acceptors (Lipinski definition) is 9. The van der Waals surface area contributed by atoms with Crippen LogP contribution >= 0.6 is 27.7 Å². The highest BCUT2D eigenvalue weighted by Crippen LogP contribution is 2.43. The van der Waals surface area contributed by atoms with Gasteiger partial charge in [-0.05, 0) is 74.0 Å². The number of amides is 1. The van der Waals surface area contributed by atoms with Crippen molar-refractivity contribution in [1.82, 2.24) is 24.4 Å². The van der Waals surface area contributed by atoms with Crippen molar-refractivity contribution in [2.24, 2.45) is 5.92 Å². The van der Waals surface area contributed by atoms with Crippen molar-refractivity contribution < 1.29 is 19.0 Å². The number of fused-ring (bicyclic) bond motifs is 2. The zero-order valence-corrected chi connectivity index (χ0v) is 22.9. The van der Waals surface area contributed by atoms with Crippen molar-refractivity contribution in [2.45, 2.75) is 62.2 Å². The molecule has 2 aliphatic rings. The third kappa shape index (κ3) is 5.34. The van der Waals surface area contributed by atoms with E-state index in [1.54, 1.807) is 0 Å². The lowest BCUT2D eigenvalue weighted by Crippen LogP contribution is -2.43. The Bertz CT molecular complexity index is 1290. The maximum atomic E-state index is 12.6.